The molecule has 0 spiro atoms. The smallest absolute Gasteiger partial charge is 0.357 e. The van der Waals surface area contributed by atoms with Gasteiger partial charge in [-0.15, -0.1) is 0 Å². The number of halogens is 1. The predicted molar refractivity (Wildman–Crippen MR) is 65.6 cm³/mol. The molecule has 1 aliphatic carbocycles. The van der Waals surface area contributed by atoms with Gasteiger partial charge in [-0.3, -0.25) is 0 Å². The molecule has 18 heavy (non-hydrogen) atoms. The topological polar surface area (TPSA) is 39.2 Å². The lowest BCUT2D eigenvalue weighted by atomic mass is 9.85. The van der Waals surface area contributed by atoms with Crippen LogP contribution in [-0.2, 0) is 4.74 Å². The molecule has 1 saturated carbocycles. The molecular formula is C14H18FNO2. The number of hydrogen-bond donors (Lipinski definition) is 0. The highest BCUT2D eigenvalue weighted by molar-refractivity contribution is 5.87. The first-order valence-corrected chi connectivity index (χ1v) is 6.54. The molecule has 0 aliphatic heterocycles. The van der Waals surface area contributed by atoms with Crippen LogP contribution in [0.25, 0.3) is 0 Å². The zero-order valence-corrected chi connectivity index (χ0v) is 10.6. The summed E-state index contributed by atoms with van der Waals surface area (Å²) >= 11 is 0. The number of carbonyl (C=O) groups excluding carboxylic acids is 1. The Morgan fingerprint density at radius 1 is 1.44 bits per heavy atom. The number of ether oxygens (including phenoxy) is 1. The highest BCUT2D eigenvalue weighted by atomic mass is 19.1. The third-order valence-electron chi connectivity index (χ3n) is 3.55. The molecule has 0 aromatic carbocycles. The molecule has 1 aromatic heterocycles. The first-order valence-electron chi connectivity index (χ1n) is 6.54. The molecule has 2 unspecified atom stereocenters. The van der Waals surface area contributed by atoms with Crippen molar-refractivity contribution < 1.29 is 13.9 Å². The fourth-order valence-electron chi connectivity index (χ4n) is 2.52. The van der Waals surface area contributed by atoms with Crippen LogP contribution in [0.3, 0.4) is 0 Å². The third-order valence-corrected chi connectivity index (χ3v) is 3.55. The van der Waals surface area contributed by atoms with Gasteiger partial charge in [0.2, 0.25) is 5.95 Å². The summed E-state index contributed by atoms with van der Waals surface area (Å²) < 4.78 is 18.4. The van der Waals surface area contributed by atoms with Gasteiger partial charge >= 0.3 is 5.97 Å². The Morgan fingerprint density at radius 3 is 2.94 bits per heavy atom. The Bertz CT molecular complexity index is 422. The van der Waals surface area contributed by atoms with Crippen LogP contribution in [0, 0.1) is 11.9 Å². The molecule has 1 aromatic rings. The van der Waals surface area contributed by atoms with Gasteiger partial charge in [0, 0.05) is 0 Å². The number of aromatic nitrogens is 1. The Morgan fingerprint density at radius 2 is 2.22 bits per heavy atom. The van der Waals surface area contributed by atoms with Gasteiger partial charge in [0.15, 0.2) is 5.69 Å². The molecule has 0 saturated heterocycles. The molecular weight excluding hydrogens is 233 g/mol. The first-order chi connectivity index (χ1) is 8.70. The van der Waals surface area contributed by atoms with Gasteiger partial charge in [-0.25, -0.2) is 9.78 Å². The lowest BCUT2D eigenvalue weighted by Crippen LogP contribution is -2.30. The van der Waals surface area contributed by atoms with Crippen LogP contribution >= 0.6 is 0 Å². The molecule has 0 amide bonds. The van der Waals surface area contributed by atoms with Gasteiger partial charge in [-0.2, -0.15) is 4.39 Å². The van der Waals surface area contributed by atoms with Gasteiger partial charge in [-0.1, -0.05) is 19.4 Å². The largest absolute Gasteiger partial charge is 0.457 e. The lowest BCUT2D eigenvalue weighted by Gasteiger charge is -2.30. The Labute approximate surface area is 106 Å². The lowest BCUT2D eigenvalue weighted by molar-refractivity contribution is 0.00000822. The van der Waals surface area contributed by atoms with Crippen molar-refractivity contribution in [3.05, 3.63) is 29.8 Å². The summed E-state index contributed by atoms with van der Waals surface area (Å²) in [7, 11) is 0. The quantitative estimate of drug-likeness (QED) is 0.611. The van der Waals surface area contributed by atoms with Gasteiger partial charge in [0.1, 0.15) is 6.10 Å². The van der Waals surface area contributed by atoms with E-state index in [0.29, 0.717) is 5.92 Å². The van der Waals surface area contributed by atoms with E-state index in [-0.39, 0.29) is 11.8 Å². The third kappa shape index (κ3) is 3.06. The van der Waals surface area contributed by atoms with E-state index in [4.69, 9.17) is 4.74 Å². The van der Waals surface area contributed by atoms with E-state index < -0.39 is 11.9 Å². The van der Waals surface area contributed by atoms with Crippen molar-refractivity contribution in [2.45, 2.75) is 45.1 Å². The predicted octanol–water partition coefficient (Wildman–Crippen LogP) is 3.35. The van der Waals surface area contributed by atoms with E-state index in [1.165, 1.54) is 24.6 Å². The van der Waals surface area contributed by atoms with Crippen LogP contribution in [-0.4, -0.2) is 17.1 Å². The standard InChI is InChI=1S/C14H18FNO2/c1-2-10-6-3-4-8-12(10)18-14(17)11-7-5-9-13(15)16-11/h5,7,9-10,12H,2-4,6,8H2,1H3. The summed E-state index contributed by atoms with van der Waals surface area (Å²) in [5.74, 6) is -0.740. The first kappa shape index (κ1) is 13.0. The molecule has 2 rings (SSSR count). The zero-order chi connectivity index (χ0) is 13.0. The van der Waals surface area contributed by atoms with Gasteiger partial charge in [0.25, 0.3) is 0 Å². The zero-order valence-electron chi connectivity index (χ0n) is 10.6. The number of rotatable bonds is 3. The molecule has 1 aliphatic rings. The van der Waals surface area contributed by atoms with E-state index in [0.717, 1.165) is 25.7 Å². The van der Waals surface area contributed by atoms with Gasteiger partial charge in [-0.05, 0) is 43.7 Å². The summed E-state index contributed by atoms with van der Waals surface area (Å²) in [6.45, 7) is 2.11. The fraction of sp³-hybridized carbons (Fsp3) is 0.571. The summed E-state index contributed by atoms with van der Waals surface area (Å²) in [5.41, 5.74) is 0.0513. The highest BCUT2D eigenvalue weighted by Crippen LogP contribution is 2.29. The summed E-state index contributed by atoms with van der Waals surface area (Å²) in [6.07, 6.45) is 5.26. The van der Waals surface area contributed by atoms with Gasteiger partial charge < -0.3 is 4.74 Å². The normalized spacial score (nSPS) is 23.7. The summed E-state index contributed by atoms with van der Waals surface area (Å²) in [4.78, 5) is 15.4. The van der Waals surface area contributed by atoms with Crippen LogP contribution < -0.4 is 0 Å². The molecule has 3 nitrogen and oxygen atoms in total. The Hall–Kier alpha value is -1.45. The molecule has 98 valence electrons. The average molecular weight is 251 g/mol. The summed E-state index contributed by atoms with van der Waals surface area (Å²) in [6, 6.07) is 4.17. The van der Waals surface area contributed by atoms with Crippen molar-refractivity contribution in [2.75, 3.05) is 0 Å². The second-order valence-electron chi connectivity index (χ2n) is 4.74. The second-order valence-corrected chi connectivity index (χ2v) is 4.74. The van der Waals surface area contributed by atoms with Crippen LogP contribution in [0.2, 0.25) is 0 Å². The van der Waals surface area contributed by atoms with Crippen LogP contribution in [0.4, 0.5) is 4.39 Å². The van der Waals surface area contributed by atoms with Crippen molar-refractivity contribution in [1.82, 2.24) is 4.98 Å². The summed E-state index contributed by atoms with van der Waals surface area (Å²) in [5, 5.41) is 0. The SMILES string of the molecule is CCC1CCCCC1OC(=O)c1cccc(F)n1. The van der Waals surface area contributed by atoms with E-state index in [1.807, 2.05) is 0 Å². The van der Waals surface area contributed by atoms with E-state index in [9.17, 15) is 9.18 Å². The average Bonchev–Trinajstić information content (AvgIpc) is 2.39. The molecule has 0 bridgehead atoms. The Kier molecular flexibility index (Phi) is 4.28. The molecule has 4 heteroatoms. The highest BCUT2D eigenvalue weighted by Gasteiger charge is 2.27. The van der Waals surface area contributed by atoms with E-state index >= 15 is 0 Å². The molecule has 1 heterocycles. The monoisotopic (exact) mass is 251 g/mol. The maximum atomic E-state index is 12.9. The van der Waals surface area contributed by atoms with Crippen LogP contribution in [0.15, 0.2) is 18.2 Å². The van der Waals surface area contributed by atoms with Crippen LogP contribution in [0.1, 0.15) is 49.5 Å². The number of esters is 1. The van der Waals surface area contributed by atoms with E-state index in [1.54, 1.807) is 0 Å². The van der Waals surface area contributed by atoms with Crippen molar-refractivity contribution in [3.63, 3.8) is 0 Å². The molecule has 1 fully saturated rings. The number of nitrogens with zero attached hydrogens (tertiary/aromatic N) is 1. The fourth-order valence-corrected chi connectivity index (χ4v) is 2.52. The Balaban J connectivity index is 2.02. The number of pyridine rings is 1. The second kappa shape index (κ2) is 5.94. The van der Waals surface area contributed by atoms with Crippen molar-refractivity contribution in [3.8, 4) is 0 Å². The van der Waals surface area contributed by atoms with Gasteiger partial charge in [0.05, 0.1) is 0 Å². The molecule has 0 radical (unpaired) electrons. The number of hydrogen-bond acceptors (Lipinski definition) is 3. The van der Waals surface area contributed by atoms with Crippen LogP contribution in [0.5, 0.6) is 0 Å². The maximum absolute atomic E-state index is 12.9. The van der Waals surface area contributed by atoms with Crippen molar-refractivity contribution in [2.24, 2.45) is 5.92 Å². The minimum absolute atomic E-state index is 0.0404. The maximum Gasteiger partial charge on any atom is 0.357 e. The van der Waals surface area contributed by atoms with Crippen molar-refractivity contribution in [1.29, 1.82) is 0 Å². The van der Waals surface area contributed by atoms with E-state index in [2.05, 4.69) is 11.9 Å². The molecule has 2 atom stereocenters. The number of carbonyl (C=O) groups is 1. The minimum atomic E-state index is -0.653. The minimum Gasteiger partial charge on any atom is -0.457 e. The van der Waals surface area contributed by atoms with Crippen molar-refractivity contribution >= 4 is 5.97 Å². The molecule has 0 N–H and O–H groups in total.